The number of hydrogen-bond acceptors (Lipinski definition) is 4. The topological polar surface area (TPSA) is 24.9 Å². The lowest BCUT2D eigenvalue weighted by Gasteiger charge is -2.44. The Morgan fingerprint density at radius 2 is 0.737 bits per heavy atom. The van der Waals surface area contributed by atoms with Crippen LogP contribution in [0, 0.1) is 0 Å². The molecule has 0 aromatic heterocycles. The van der Waals surface area contributed by atoms with Crippen molar-refractivity contribution in [3.63, 3.8) is 0 Å². The normalized spacial score (nSPS) is 17.8. The molecule has 0 N–H and O–H groups in total. The Balaban J connectivity index is 0.970. The van der Waals surface area contributed by atoms with E-state index in [1.165, 1.54) is 77.7 Å². The maximum absolute atomic E-state index is 7.51. The summed E-state index contributed by atoms with van der Waals surface area (Å²) in [6.45, 7) is 19.3. The Bertz CT molecular complexity index is 3680. The highest BCUT2D eigenvalue weighted by Gasteiger charge is 2.48. The third kappa shape index (κ3) is 6.52. The number of nitrogens with zero attached hydrogens (tertiary/aromatic N) is 2. The third-order valence-electron chi connectivity index (χ3n) is 18.8. The van der Waals surface area contributed by atoms with Gasteiger partial charge in [0.25, 0.3) is 13.4 Å². The predicted octanol–water partition coefficient (Wildman–Crippen LogP) is 14.5. The minimum absolute atomic E-state index is 0.00519. The molecule has 15 rings (SSSR count). The zero-order valence-corrected chi connectivity index (χ0v) is 45.0. The molecular formula is C70H62B2N2O2. The summed E-state index contributed by atoms with van der Waals surface area (Å²) >= 11 is 0. The molecule has 4 nitrogen and oxygen atoms in total. The smallest absolute Gasteiger partial charge is 0.256 e. The summed E-state index contributed by atoms with van der Waals surface area (Å²) < 4.78 is 15.0. The maximum atomic E-state index is 7.51. The van der Waals surface area contributed by atoms with Crippen molar-refractivity contribution in [3.8, 4) is 45.3 Å². The molecule has 6 aliphatic rings. The summed E-state index contributed by atoms with van der Waals surface area (Å²) in [5.41, 5.74) is 25.1. The first-order valence-electron chi connectivity index (χ1n) is 27.7. The Labute approximate surface area is 449 Å². The summed E-state index contributed by atoms with van der Waals surface area (Å²) in [6, 6.07) is 68.3. The van der Waals surface area contributed by atoms with E-state index in [2.05, 4.69) is 247 Å². The van der Waals surface area contributed by atoms with Gasteiger partial charge in [-0.25, -0.2) is 0 Å². The number of rotatable bonds is 4. The van der Waals surface area contributed by atoms with Crippen LogP contribution in [-0.2, 0) is 21.7 Å². The van der Waals surface area contributed by atoms with Crippen molar-refractivity contribution in [2.45, 2.75) is 103 Å². The van der Waals surface area contributed by atoms with Gasteiger partial charge in [-0.05, 0) is 185 Å². The van der Waals surface area contributed by atoms with Gasteiger partial charge in [-0.3, -0.25) is 0 Å². The SMILES string of the molecule is CC1(C)CCC(C)(C)c2c(-c3cc4c5c(c3)N(c3ccccc3)c3ccccc3B5c3cc5c(cc3O4)Oc3cc(-c4cccc6c4C(C)(C)CCC6(C)C)cc4c3B5c3ccccc3N4c3ccccc3)cccc21. The molecule has 0 amide bonds. The molecule has 0 radical (unpaired) electrons. The molecule has 4 aliphatic heterocycles. The molecule has 0 unspecified atom stereocenters. The van der Waals surface area contributed by atoms with E-state index in [0.717, 1.165) is 82.4 Å². The molecule has 0 fully saturated rings. The maximum Gasteiger partial charge on any atom is 0.256 e. The van der Waals surface area contributed by atoms with Crippen molar-refractivity contribution < 1.29 is 9.47 Å². The van der Waals surface area contributed by atoms with Crippen LogP contribution in [0.25, 0.3) is 22.3 Å². The number of benzene rings is 9. The van der Waals surface area contributed by atoms with Crippen molar-refractivity contribution >= 4 is 80.3 Å². The van der Waals surface area contributed by atoms with Crippen LogP contribution in [0.5, 0.6) is 23.0 Å². The fourth-order valence-electron chi connectivity index (χ4n) is 14.9. The van der Waals surface area contributed by atoms with Gasteiger partial charge >= 0.3 is 0 Å². The molecule has 9 aromatic rings. The Morgan fingerprint density at radius 3 is 1.17 bits per heavy atom. The molecule has 6 heteroatoms. The van der Waals surface area contributed by atoms with E-state index in [4.69, 9.17) is 9.47 Å². The predicted molar refractivity (Wildman–Crippen MR) is 320 cm³/mol. The highest BCUT2D eigenvalue weighted by Crippen LogP contribution is 2.54. The quantitative estimate of drug-likeness (QED) is 0.164. The first kappa shape index (κ1) is 45.7. The van der Waals surface area contributed by atoms with Crippen LogP contribution in [0.3, 0.4) is 0 Å². The summed E-state index contributed by atoms with van der Waals surface area (Å²) in [7, 11) is 0. The second-order valence-corrected chi connectivity index (χ2v) is 25.3. The van der Waals surface area contributed by atoms with E-state index in [0.29, 0.717) is 0 Å². The van der Waals surface area contributed by atoms with Crippen LogP contribution in [0.2, 0.25) is 0 Å². The number of ether oxygens (including phenoxy) is 2. The van der Waals surface area contributed by atoms with Crippen LogP contribution in [0.1, 0.15) is 103 Å². The highest BCUT2D eigenvalue weighted by molar-refractivity contribution is 7.02. The van der Waals surface area contributed by atoms with E-state index in [-0.39, 0.29) is 35.1 Å². The van der Waals surface area contributed by atoms with Crippen LogP contribution in [0.4, 0.5) is 34.1 Å². The number of para-hydroxylation sites is 4. The van der Waals surface area contributed by atoms with Crippen LogP contribution in [0.15, 0.2) is 182 Å². The summed E-state index contributed by atoms with van der Waals surface area (Å²) in [5, 5.41) is 0. The van der Waals surface area contributed by atoms with E-state index >= 15 is 0 Å². The van der Waals surface area contributed by atoms with E-state index < -0.39 is 0 Å². The second-order valence-electron chi connectivity index (χ2n) is 25.3. The first-order valence-corrected chi connectivity index (χ1v) is 27.7. The van der Waals surface area contributed by atoms with Gasteiger partial charge in [0.2, 0.25) is 0 Å². The fraction of sp³-hybridized carbons (Fsp3) is 0.229. The fourth-order valence-corrected chi connectivity index (χ4v) is 14.9. The molecule has 0 saturated carbocycles. The molecule has 4 heterocycles. The molecule has 0 bridgehead atoms. The summed E-state index contributed by atoms with van der Waals surface area (Å²) in [4.78, 5) is 4.96. The van der Waals surface area contributed by atoms with Gasteiger partial charge in [0, 0.05) is 40.2 Å². The Morgan fingerprint density at radius 1 is 0.342 bits per heavy atom. The summed E-state index contributed by atoms with van der Waals surface area (Å²) in [6.07, 6.45) is 4.59. The van der Waals surface area contributed by atoms with Gasteiger partial charge in [0.1, 0.15) is 23.0 Å². The van der Waals surface area contributed by atoms with Crippen molar-refractivity contribution in [1.29, 1.82) is 0 Å². The van der Waals surface area contributed by atoms with Crippen molar-refractivity contribution in [1.82, 2.24) is 0 Å². The second kappa shape index (κ2) is 15.9. The van der Waals surface area contributed by atoms with Crippen LogP contribution in [-0.4, -0.2) is 13.4 Å². The van der Waals surface area contributed by atoms with Crippen molar-refractivity contribution in [2.24, 2.45) is 0 Å². The third-order valence-corrected chi connectivity index (χ3v) is 18.8. The molecule has 76 heavy (non-hydrogen) atoms. The van der Waals surface area contributed by atoms with Gasteiger partial charge in [-0.15, -0.1) is 0 Å². The van der Waals surface area contributed by atoms with Gasteiger partial charge in [-0.2, -0.15) is 0 Å². The van der Waals surface area contributed by atoms with Crippen LogP contribution < -0.4 is 52.1 Å². The lowest BCUT2D eigenvalue weighted by atomic mass is 9.31. The molecule has 0 spiro atoms. The molecule has 0 atom stereocenters. The molecule has 0 saturated heterocycles. The molecule has 2 aliphatic carbocycles. The lowest BCUT2D eigenvalue weighted by molar-refractivity contribution is 0.333. The molecular weight excluding hydrogens is 922 g/mol. The van der Waals surface area contributed by atoms with Crippen LogP contribution >= 0.6 is 0 Å². The lowest BCUT2D eigenvalue weighted by Crippen LogP contribution is -2.63. The van der Waals surface area contributed by atoms with Crippen molar-refractivity contribution in [2.75, 3.05) is 9.80 Å². The first-order chi connectivity index (χ1) is 36.7. The largest absolute Gasteiger partial charge is 0.458 e. The molecule has 370 valence electrons. The van der Waals surface area contributed by atoms with E-state index in [1.807, 2.05) is 0 Å². The monoisotopic (exact) mass is 984 g/mol. The zero-order valence-electron chi connectivity index (χ0n) is 45.0. The number of anilines is 6. The van der Waals surface area contributed by atoms with E-state index in [1.54, 1.807) is 0 Å². The zero-order chi connectivity index (χ0) is 51.6. The van der Waals surface area contributed by atoms with Gasteiger partial charge < -0.3 is 19.3 Å². The molecule has 9 aromatic carbocycles. The number of hydrogen-bond donors (Lipinski definition) is 0. The average molecular weight is 985 g/mol. The summed E-state index contributed by atoms with van der Waals surface area (Å²) in [5.74, 6) is 3.48. The Kier molecular flexibility index (Phi) is 9.57. The minimum Gasteiger partial charge on any atom is -0.458 e. The standard InChI is InChI=1S/C70H62B2N2O2/c1-67(2)33-35-69(5,6)63-47(25-19-27-49(63)67)43-37-57-65-61(39-43)75-59-42-60-54(41-53(59)71(65)51-29-15-17-31-55(51)73(57)45-21-11-9-12-22-45)72-52-30-16-18-32-56(52)74(46-23-13-10-14-24-46)58-38-44(40-62(76-60)66(58)72)48-26-20-28-50-64(48)70(7,8)36-34-68(50,3)4/h9-32,37-42H,33-36H2,1-8H3. The number of fused-ring (bicyclic) bond motifs is 10. The minimum atomic E-state index is -0.0934. The highest BCUT2D eigenvalue weighted by atomic mass is 16.5. The van der Waals surface area contributed by atoms with Crippen molar-refractivity contribution in [3.05, 3.63) is 204 Å². The average Bonchev–Trinajstić information content (AvgIpc) is 3.45. The Hall–Kier alpha value is -7.69. The van der Waals surface area contributed by atoms with E-state index in [9.17, 15) is 0 Å². The van der Waals surface area contributed by atoms with Gasteiger partial charge in [0.15, 0.2) is 0 Å². The van der Waals surface area contributed by atoms with Gasteiger partial charge in [0.05, 0.1) is 0 Å². The van der Waals surface area contributed by atoms with Gasteiger partial charge in [-0.1, -0.05) is 171 Å².